The lowest BCUT2D eigenvalue weighted by atomic mass is 10.2. The molecule has 2 nitrogen and oxygen atoms in total. The van der Waals surface area contributed by atoms with Gasteiger partial charge in [0, 0.05) is 18.3 Å². The van der Waals surface area contributed by atoms with Crippen LogP contribution in [0, 0.1) is 6.92 Å². The zero-order valence-electron chi connectivity index (χ0n) is 7.03. The van der Waals surface area contributed by atoms with Crippen LogP contribution in [0.4, 0.5) is 0 Å². The van der Waals surface area contributed by atoms with Crippen molar-refractivity contribution >= 4 is 12.4 Å². The van der Waals surface area contributed by atoms with Crippen LogP contribution in [-0.4, -0.2) is 11.3 Å². The minimum atomic E-state index is 0.466. The van der Waals surface area contributed by atoms with Gasteiger partial charge in [-0.05, 0) is 18.6 Å². The van der Waals surface area contributed by atoms with Gasteiger partial charge in [-0.15, -0.1) is 0 Å². The van der Waals surface area contributed by atoms with Crippen molar-refractivity contribution in [3.05, 3.63) is 35.7 Å². The summed E-state index contributed by atoms with van der Waals surface area (Å²) in [6.45, 7) is 1.94. The van der Waals surface area contributed by atoms with Crippen LogP contribution in [0.15, 0.2) is 24.4 Å². The molecule has 1 aromatic heterocycles. The average Bonchev–Trinajstić information content (AvgIpc) is 2.09. The quantitative estimate of drug-likeness (QED) is 0.634. The first-order valence-corrected chi connectivity index (χ1v) is 3.86. The van der Waals surface area contributed by atoms with E-state index in [9.17, 15) is 4.79 Å². The summed E-state index contributed by atoms with van der Waals surface area (Å²) >= 11 is 0. The SMILES string of the molecule is Cc1ccc(C=CCC=O)cn1. The minimum Gasteiger partial charge on any atom is -0.303 e. The van der Waals surface area contributed by atoms with E-state index in [-0.39, 0.29) is 0 Å². The number of aldehydes is 1. The molecule has 0 aliphatic rings. The minimum absolute atomic E-state index is 0.466. The van der Waals surface area contributed by atoms with E-state index < -0.39 is 0 Å². The molecule has 0 bridgehead atoms. The van der Waals surface area contributed by atoms with E-state index in [0.29, 0.717) is 6.42 Å². The zero-order valence-corrected chi connectivity index (χ0v) is 7.03. The molecule has 1 heterocycles. The van der Waals surface area contributed by atoms with Gasteiger partial charge in [0.2, 0.25) is 0 Å². The van der Waals surface area contributed by atoms with Crippen molar-refractivity contribution in [1.82, 2.24) is 4.98 Å². The summed E-state index contributed by atoms with van der Waals surface area (Å²) in [6, 6.07) is 3.92. The lowest BCUT2D eigenvalue weighted by Crippen LogP contribution is -1.79. The number of hydrogen-bond donors (Lipinski definition) is 0. The molecular formula is C10H11NO. The number of rotatable bonds is 3. The number of hydrogen-bond acceptors (Lipinski definition) is 2. The maximum absolute atomic E-state index is 9.98. The predicted molar refractivity (Wildman–Crippen MR) is 48.7 cm³/mol. The summed E-state index contributed by atoms with van der Waals surface area (Å²) in [7, 11) is 0. The molecule has 0 amide bonds. The number of carbonyl (C=O) groups is 1. The van der Waals surface area contributed by atoms with Crippen molar-refractivity contribution in [2.45, 2.75) is 13.3 Å². The van der Waals surface area contributed by atoms with Crippen LogP contribution < -0.4 is 0 Å². The van der Waals surface area contributed by atoms with E-state index in [0.717, 1.165) is 17.5 Å². The van der Waals surface area contributed by atoms with E-state index in [1.54, 1.807) is 6.20 Å². The molecular weight excluding hydrogens is 150 g/mol. The molecule has 0 saturated carbocycles. The number of nitrogens with zero attached hydrogens (tertiary/aromatic N) is 1. The van der Waals surface area contributed by atoms with Crippen molar-refractivity contribution < 1.29 is 4.79 Å². The Bertz CT molecular complexity index is 274. The normalized spacial score (nSPS) is 10.4. The van der Waals surface area contributed by atoms with Gasteiger partial charge in [0.1, 0.15) is 6.29 Å². The molecule has 2 heteroatoms. The van der Waals surface area contributed by atoms with E-state index in [2.05, 4.69) is 4.98 Å². The Labute approximate surface area is 71.9 Å². The van der Waals surface area contributed by atoms with Crippen LogP contribution in [0.2, 0.25) is 0 Å². The fourth-order valence-electron chi connectivity index (χ4n) is 0.838. The molecule has 0 aromatic carbocycles. The second-order valence-corrected chi connectivity index (χ2v) is 2.54. The maximum atomic E-state index is 9.98. The van der Waals surface area contributed by atoms with E-state index in [1.807, 2.05) is 31.2 Å². The molecule has 0 unspecified atom stereocenters. The first-order valence-electron chi connectivity index (χ1n) is 3.86. The van der Waals surface area contributed by atoms with Crippen LogP contribution >= 0.6 is 0 Å². The maximum Gasteiger partial charge on any atom is 0.123 e. The van der Waals surface area contributed by atoms with Crippen LogP contribution in [0.5, 0.6) is 0 Å². The standard InChI is InChI=1S/C10H11NO/c1-9-5-6-10(8-11-9)4-2-3-7-12/h2,4-8H,3H2,1H3. The number of carbonyl (C=O) groups excluding carboxylic acids is 1. The monoisotopic (exact) mass is 161 g/mol. The third-order valence-electron chi connectivity index (χ3n) is 1.48. The first-order chi connectivity index (χ1) is 5.83. The highest BCUT2D eigenvalue weighted by Gasteiger charge is 1.85. The summed E-state index contributed by atoms with van der Waals surface area (Å²) in [5, 5.41) is 0. The molecule has 0 fully saturated rings. The Morgan fingerprint density at radius 3 is 2.92 bits per heavy atom. The summed E-state index contributed by atoms with van der Waals surface area (Å²) < 4.78 is 0. The molecule has 1 rings (SSSR count). The molecule has 0 atom stereocenters. The second kappa shape index (κ2) is 4.44. The molecule has 0 aliphatic carbocycles. The van der Waals surface area contributed by atoms with Crippen molar-refractivity contribution in [3.8, 4) is 0 Å². The fraction of sp³-hybridized carbons (Fsp3) is 0.200. The van der Waals surface area contributed by atoms with Crippen LogP contribution in [-0.2, 0) is 4.79 Å². The highest BCUT2D eigenvalue weighted by molar-refractivity contribution is 5.57. The summed E-state index contributed by atoms with van der Waals surface area (Å²) in [4.78, 5) is 14.1. The molecule has 0 aliphatic heterocycles. The first kappa shape index (κ1) is 8.65. The number of pyridine rings is 1. The Balaban J connectivity index is 2.64. The number of aromatic nitrogens is 1. The topological polar surface area (TPSA) is 30.0 Å². The summed E-state index contributed by atoms with van der Waals surface area (Å²) in [5.74, 6) is 0. The van der Waals surface area contributed by atoms with Crippen molar-refractivity contribution in [1.29, 1.82) is 0 Å². The van der Waals surface area contributed by atoms with Gasteiger partial charge in [-0.3, -0.25) is 4.98 Å². The molecule has 0 spiro atoms. The van der Waals surface area contributed by atoms with Gasteiger partial charge < -0.3 is 4.79 Å². The van der Waals surface area contributed by atoms with Gasteiger partial charge in [0.15, 0.2) is 0 Å². The van der Waals surface area contributed by atoms with E-state index >= 15 is 0 Å². The molecule has 0 saturated heterocycles. The summed E-state index contributed by atoms with van der Waals surface area (Å²) in [5.41, 5.74) is 2.03. The van der Waals surface area contributed by atoms with Gasteiger partial charge in [-0.1, -0.05) is 18.2 Å². The predicted octanol–water partition coefficient (Wildman–Crippen LogP) is 1.99. The number of aryl methyl sites for hydroxylation is 1. The van der Waals surface area contributed by atoms with E-state index in [1.165, 1.54) is 0 Å². The van der Waals surface area contributed by atoms with Crippen molar-refractivity contribution in [2.75, 3.05) is 0 Å². The lowest BCUT2D eigenvalue weighted by molar-refractivity contribution is -0.107. The Morgan fingerprint density at radius 2 is 2.33 bits per heavy atom. The van der Waals surface area contributed by atoms with Gasteiger partial charge in [0.25, 0.3) is 0 Å². The van der Waals surface area contributed by atoms with Crippen LogP contribution in [0.1, 0.15) is 17.7 Å². The Kier molecular flexibility index (Phi) is 3.20. The van der Waals surface area contributed by atoms with Crippen molar-refractivity contribution in [2.24, 2.45) is 0 Å². The highest BCUT2D eigenvalue weighted by Crippen LogP contribution is 2.01. The smallest absolute Gasteiger partial charge is 0.123 e. The molecule has 12 heavy (non-hydrogen) atoms. The fourth-order valence-corrected chi connectivity index (χ4v) is 0.838. The van der Waals surface area contributed by atoms with Gasteiger partial charge in [-0.2, -0.15) is 0 Å². The molecule has 62 valence electrons. The molecule has 0 radical (unpaired) electrons. The average molecular weight is 161 g/mol. The highest BCUT2D eigenvalue weighted by atomic mass is 16.1. The summed E-state index contributed by atoms with van der Waals surface area (Å²) in [6.07, 6.45) is 6.84. The van der Waals surface area contributed by atoms with Crippen LogP contribution in [0.3, 0.4) is 0 Å². The Hall–Kier alpha value is -1.44. The third kappa shape index (κ3) is 2.66. The Morgan fingerprint density at radius 1 is 1.50 bits per heavy atom. The van der Waals surface area contributed by atoms with E-state index in [4.69, 9.17) is 0 Å². The molecule has 1 aromatic rings. The largest absolute Gasteiger partial charge is 0.303 e. The number of allylic oxidation sites excluding steroid dienone is 1. The van der Waals surface area contributed by atoms with Gasteiger partial charge >= 0.3 is 0 Å². The zero-order chi connectivity index (χ0) is 8.81. The van der Waals surface area contributed by atoms with Gasteiger partial charge in [0.05, 0.1) is 0 Å². The van der Waals surface area contributed by atoms with Gasteiger partial charge in [-0.25, -0.2) is 0 Å². The second-order valence-electron chi connectivity index (χ2n) is 2.54. The third-order valence-corrected chi connectivity index (χ3v) is 1.48. The molecule has 0 N–H and O–H groups in total. The van der Waals surface area contributed by atoms with Crippen LogP contribution in [0.25, 0.3) is 6.08 Å². The van der Waals surface area contributed by atoms with Crippen molar-refractivity contribution in [3.63, 3.8) is 0 Å². The lowest BCUT2D eigenvalue weighted by Gasteiger charge is -1.92.